The van der Waals surface area contributed by atoms with Crippen LogP contribution in [0, 0.1) is 11.8 Å². The van der Waals surface area contributed by atoms with Gasteiger partial charge >= 0.3 is 0 Å². The van der Waals surface area contributed by atoms with Gasteiger partial charge in [-0.3, -0.25) is 4.79 Å². The van der Waals surface area contributed by atoms with E-state index in [2.05, 4.69) is 43.1 Å². The van der Waals surface area contributed by atoms with Crippen molar-refractivity contribution in [3.63, 3.8) is 0 Å². The van der Waals surface area contributed by atoms with Crippen molar-refractivity contribution in [2.24, 2.45) is 11.8 Å². The SMILES string of the molecule is C[C@@H]1C[C@@H](C)CN(C(=O)CSc2nc(-c3ccccc3)c(-c3ccccc3)[nH]2)C1. The third-order valence-electron chi connectivity index (χ3n) is 5.35. The Morgan fingerprint density at radius 3 is 2.21 bits per heavy atom. The Morgan fingerprint density at radius 1 is 1.00 bits per heavy atom. The molecule has 1 aliphatic heterocycles. The maximum atomic E-state index is 12.8. The summed E-state index contributed by atoms with van der Waals surface area (Å²) in [5.41, 5.74) is 4.08. The summed E-state index contributed by atoms with van der Waals surface area (Å²) in [6.45, 7) is 6.20. The molecular formula is C24H27N3OS. The molecule has 4 rings (SSSR count). The van der Waals surface area contributed by atoms with E-state index >= 15 is 0 Å². The molecule has 1 fully saturated rings. The fourth-order valence-electron chi connectivity index (χ4n) is 4.13. The van der Waals surface area contributed by atoms with Crippen LogP contribution < -0.4 is 0 Å². The summed E-state index contributed by atoms with van der Waals surface area (Å²) in [4.78, 5) is 23.1. The van der Waals surface area contributed by atoms with Gasteiger partial charge in [-0.05, 0) is 18.3 Å². The average molecular weight is 406 g/mol. The Kier molecular flexibility index (Phi) is 6.05. The Bertz CT molecular complexity index is 888. The lowest BCUT2D eigenvalue weighted by atomic mass is 9.92. The Labute approximate surface area is 176 Å². The first-order valence-electron chi connectivity index (χ1n) is 10.2. The second-order valence-corrected chi connectivity index (χ2v) is 9.00. The van der Waals surface area contributed by atoms with E-state index in [1.165, 1.54) is 18.2 Å². The summed E-state index contributed by atoms with van der Waals surface area (Å²) < 4.78 is 0. The van der Waals surface area contributed by atoms with E-state index in [4.69, 9.17) is 4.98 Å². The molecule has 1 amide bonds. The smallest absolute Gasteiger partial charge is 0.233 e. The molecule has 150 valence electrons. The highest BCUT2D eigenvalue weighted by molar-refractivity contribution is 7.99. The summed E-state index contributed by atoms with van der Waals surface area (Å²) in [6.07, 6.45) is 1.20. The number of nitrogens with one attached hydrogen (secondary N) is 1. The largest absolute Gasteiger partial charge is 0.341 e. The zero-order chi connectivity index (χ0) is 20.2. The number of imidazole rings is 1. The molecule has 5 heteroatoms. The average Bonchev–Trinajstić information content (AvgIpc) is 3.17. The first-order valence-corrected chi connectivity index (χ1v) is 11.2. The summed E-state index contributed by atoms with van der Waals surface area (Å²) in [5, 5.41) is 0.786. The van der Waals surface area contributed by atoms with E-state index in [9.17, 15) is 4.79 Å². The fourth-order valence-corrected chi connectivity index (χ4v) is 4.90. The van der Waals surface area contributed by atoms with Crippen molar-refractivity contribution >= 4 is 17.7 Å². The van der Waals surface area contributed by atoms with Gasteiger partial charge in [0.15, 0.2) is 5.16 Å². The Morgan fingerprint density at radius 2 is 1.59 bits per heavy atom. The molecule has 29 heavy (non-hydrogen) atoms. The van der Waals surface area contributed by atoms with Gasteiger partial charge in [0.2, 0.25) is 5.91 Å². The van der Waals surface area contributed by atoms with E-state index < -0.39 is 0 Å². The van der Waals surface area contributed by atoms with Crippen molar-refractivity contribution in [3.8, 4) is 22.5 Å². The highest BCUT2D eigenvalue weighted by Gasteiger charge is 2.25. The van der Waals surface area contributed by atoms with Crippen molar-refractivity contribution in [1.82, 2.24) is 14.9 Å². The van der Waals surface area contributed by atoms with E-state index in [0.29, 0.717) is 17.6 Å². The summed E-state index contributed by atoms with van der Waals surface area (Å²) in [6, 6.07) is 20.4. The van der Waals surface area contributed by atoms with Gasteiger partial charge in [-0.15, -0.1) is 0 Å². The molecule has 1 N–H and O–H groups in total. The standard InChI is InChI=1S/C24H27N3OS/c1-17-13-18(2)15-27(14-17)21(28)16-29-24-25-22(19-9-5-3-6-10-19)23(26-24)20-11-7-4-8-12-20/h3-12,17-18H,13-16H2,1-2H3,(H,25,26)/t17-,18-/m1/s1. The molecule has 2 aromatic carbocycles. The van der Waals surface area contributed by atoms with Crippen LogP contribution in [0.4, 0.5) is 0 Å². The quantitative estimate of drug-likeness (QED) is 0.583. The summed E-state index contributed by atoms with van der Waals surface area (Å²) in [5.74, 6) is 1.76. The van der Waals surface area contributed by atoms with Gasteiger partial charge in [0.25, 0.3) is 0 Å². The van der Waals surface area contributed by atoms with Gasteiger partial charge in [0.1, 0.15) is 0 Å². The molecule has 2 heterocycles. The minimum atomic E-state index is 0.201. The number of likely N-dealkylation sites (tertiary alicyclic amines) is 1. The second-order valence-electron chi connectivity index (χ2n) is 8.03. The van der Waals surface area contributed by atoms with E-state index in [1.807, 2.05) is 41.3 Å². The van der Waals surface area contributed by atoms with Gasteiger partial charge in [0.05, 0.1) is 17.1 Å². The number of nitrogens with zero attached hydrogens (tertiary/aromatic N) is 2. The lowest BCUT2D eigenvalue weighted by Crippen LogP contribution is -2.43. The number of carbonyl (C=O) groups is 1. The number of aromatic nitrogens is 2. The number of piperidine rings is 1. The minimum absolute atomic E-state index is 0.201. The number of hydrogen-bond acceptors (Lipinski definition) is 3. The molecule has 1 saturated heterocycles. The van der Waals surface area contributed by atoms with E-state index in [-0.39, 0.29) is 5.91 Å². The van der Waals surface area contributed by atoms with Crippen LogP contribution in [0.3, 0.4) is 0 Å². The van der Waals surface area contributed by atoms with Crippen LogP contribution in [0.15, 0.2) is 65.8 Å². The zero-order valence-corrected chi connectivity index (χ0v) is 17.8. The molecule has 0 bridgehead atoms. The number of amides is 1. The van der Waals surface area contributed by atoms with Crippen LogP contribution in [-0.2, 0) is 4.79 Å². The second kappa shape index (κ2) is 8.87. The topological polar surface area (TPSA) is 49.0 Å². The van der Waals surface area contributed by atoms with Gasteiger partial charge in [-0.25, -0.2) is 4.98 Å². The lowest BCUT2D eigenvalue weighted by Gasteiger charge is -2.34. The number of benzene rings is 2. The predicted octanol–water partition coefficient (Wildman–Crippen LogP) is 5.34. The predicted molar refractivity (Wildman–Crippen MR) is 120 cm³/mol. The van der Waals surface area contributed by atoms with Gasteiger partial charge in [-0.1, -0.05) is 86.3 Å². The molecule has 4 nitrogen and oxygen atoms in total. The minimum Gasteiger partial charge on any atom is -0.341 e. The third kappa shape index (κ3) is 4.73. The molecule has 0 spiro atoms. The van der Waals surface area contributed by atoms with Crippen LogP contribution in [0.2, 0.25) is 0 Å². The maximum Gasteiger partial charge on any atom is 0.233 e. The molecule has 0 aliphatic carbocycles. The highest BCUT2D eigenvalue weighted by Crippen LogP contribution is 2.32. The molecule has 1 aromatic heterocycles. The maximum absolute atomic E-state index is 12.8. The third-order valence-corrected chi connectivity index (χ3v) is 6.20. The van der Waals surface area contributed by atoms with Gasteiger partial charge in [-0.2, -0.15) is 0 Å². The Hall–Kier alpha value is -2.53. The van der Waals surface area contributed by atoms with Crippen molar-refractivity contribution < 1.29 is 4.79 Å². The highest BCUT2D eigenvalue weighted by atomic mass is 32.2. The van der Waals surface area contributed by atoms with Crippen molar-refractivity contribution in [3.05, 3.63) is 60.7 Å². The molecule has 0 radical (unpaired) electrons. The first kappa shape index (κ1) is 19.8. The molecule has 0 saturated carbocycles. The van der Waals surface area contributed by atoms with Crippen molar-refractivity contribution in [2.75, 3.05) is 18.8 Å². The lowest BCUT2D eigenvalue weighted by molar-refractivity contribution is -0.130. The van der Waals surface area contributed by atoms with Crippen LogP contribution in [0.25, 0.3) is 22.5 Å². The zero-order valence-electron chi connectivity index (χ0n) is 17.0. The number of aromatic amines is 1. The van der Waals surface area contributed by atoms with E-state index in [1.54, 1.807) is 0 Å². The first-order chi connectivity index (χ1) is 14.1. The molecule has 0 unspecified atom stereocenters. The van der Waals surface area contributed by atoms with Crippen LogP contribution in [-0.4, -0.2) is 39.6 Å². The van der Waals surface area contributed by atoms with Crippen molar-refractivity contribution in [2.45, 2.75) is 25.4 Å². The van der Waals surface area contributed by atoms with Gasteiger partial charge < -0.3 is 9.88 Å². The summed E-state index contributed by atoms with van der Waals surface area (Å²) >= 11 is 1.49. The number of thioether (sulfide) groups is 1. The number of H-pyrrole nitrogens is 1. The summed E-state index contributed by atoms with van der Waals surface area (Å²) in [7, 11) is 0. The number of carbonyl (C=O) groups excluding carboxylic acids is 1. The van der Waals surface area contributed by atoms with Gasteiger partial charge in [0, 0.05) is 24.2 Å². The molecular weight excluding hydrogens is 378 g/mol. The van der Waals surface area contributed by atoms with Crippen LogP contribution >= 0.6 is 11.8 Å². The Balaban J connectivity index is 1.54. The fraction of sp³-hybridized carbons (Fsp3) is 0.333. The number of rotatable bonds is 5. The molecule has 2 atom stereocenters. The van der Waals surface area contributed by atoms with E-state index in [0.717, 1.165) is 40.8 Å². The number of hydrogen-bond donors (Lipinski definition) is 1. The monoisotopic (exact) mass is 405 g/mol. The van der Waals surface area contributed by atoms with Crippen LogP contribution in [0.1, 0.15) is 20.3 Å². The van der Waals surface area contributed by atoms with Crippen LogP contribution in [0.5, 0.6) is 0 Å². The molecule has 1 aliphatic rings. The normalized spacial score (nSPS) is 19.3. The van der Waals surface area contributed by atoms with Crippen molar-refractivity contribution in [1.29, 1.82) is 0 Å². The molecule has 3 aromatic rings.